The summed E-state index contributed by atoms with van der Waals surface area (Å²) in [7, 11) is 1.68. The lowest BCUT2D eigenvalue weighted by Crippen LogP contribution is -2.36. The van der Waals surface area contributed by atoms with Gasteiger partial charge in [0.1, 0.15) is 5.75 Å². The fourth-order valence-electron chi connectivity index (χ4n) is 3.74. The molecule has 0 bridgehead atoms. The minimum atomic E-state index is -0.350. The second kappa shape index (κ2) is 8.02. The average molecular weight is 333 g/mol. The Morgan fingerprint density at radius 1 is 1.46 bits per heavy atom. The van der Waals surface area contributed by atoms with Crippen LogP contribution in [-0.4, -0.2) is 30.8 Å². The van der Waals surface area contributed by atoms with Crippen LogP contribution in [0.4, 0.5) is 0 Å². The molecule has 0 radical (unpaired) electrons. The third-order valence-electron chi connectivity index (χ3n) is 4.83. The van der Waals surface area contributed by atoms with Crippen molar-refractivity contribution in [2.75, 3.05) is 13.7 Å². The predicted molar refractivity (Wildman–Crippen MR) is 96.4 cm³/mol. The lowest BCUT2D eigenvalue weighted by molar-refractivity contribution is -0.122. The van der Waals surface area contributed by atoms with E-state index in [2.05, 4.69) is 31.3 Å². The van der Waals surface area contributed by atoms with Gasteiger partial charge in [0.15, 0.2) is 0 Å². The Balaban J connectivity index is 1.94. The highest BCUT2D eigenvalue weighted by Gasteiger charge is 2.25. The van der Waals surface area contributed by atoms with Gasteiger partial charge in [-0.2, -0.15) is 0 Å². The van der Waals surface area contributed by atoms with Gasteiger partial charge in [0, 0.05) is 13.0 Å². The summed E-state index contributed by atoms with van der Waals surface area (Å²) in [4.78, 5) is 12.4. The molecular formula is C20H31NO3. The lowest BCUT2D eigenvalue weighted by Gasteiger charge is -2.28. The Hall–Kier alpha value is -1.55. The molecule has 0 aromatic heterocycles. The molecule has 2 N–H and O–H groups in total. The van der Waals surface area contributed by atoms with Gasteiger partial charge in [-0.3, -0.25) is 4.79 Å². The summed E-state index contributed by atoms with van der Waals surface area (Å²) < 4.78 is 5.30. The molecule has 134 valence electrons. The van der Waals surface area contributed by atoms with Crippen LogP contribution in [0.25, 0.3) is 0 Å². The molecule has 0 heterocycles. The molecule has 0 fully saturated rings. The van der Waals surface area contributed by atoms with Crippen LogP contribution in [0.15, 0.2) is 18.2 Å². The molecule has 1 amide bonds. The predicted octanol–water partition coefficient (Wildman–Crippen LogP) is 3.42. The Morgan fingerprint density at radius 2 is 2.21 bits per heavy atom. The van der Waals surface area contributed by atoms with E-state index in [-0.39, 0.29) is 17.4 Å². The molecular weight excluding hydrogens is 302 g/mol. The highest BCUT2D eigenvalue weighted by atomic mass is 16.5. The first-order chi connectivity index (χ1) is 11.3. The van der Waals surface area contributed by atoms with E-state index in [1.807, 2.05) is 6.07 Å². The zero-order valence-electron chi connectivity index (χ0n) is 15.4. The molecule has 0 spiro atoms. The molecule has 1 aliphatic carbocycles. The number of rotatable bonds is 7. The maximum Gasteiger partial charge on any atom is 0.220 e. The van der Waals surface area contributed by atoms with Crippen molar-refractivity contribution in [3.05, 3.63) is 29.3 Å². The molecule has 0 aliphatic heterocycles. The van der Waals surface area contributed by atoms with E-state index in [0.717, 1.165) is 25.0 Å². The zero-order chi connectivity index (χ0) is 17.7. The highest BCUT2D eigenvalue weighted by molar-refractivity contribution is 5.77. The Bertz CT molecular complexity index is 566. The molecule has 1 aromatic carbocycles. The molecule has 24 heavy (non-hydrogen) atoms. The van der Waals surface area contributed by atoms with Gasteiger partial charge in [-0.1, -0.05) is 19.9 Å². The van der Waals surface area contributed by atoms with Gasteiger partial charge < -0.3 is 15.2 Å². The average Bonchev–Trinajstić information content (AvgIpc) is 2.51. The number of aliphatic hydroxyl groups excluding tert-OH is 1. The fourth-order valence-corrected chi connectivity index (χ4v) is 3.74. The first kappa shape index (κ1) is 18.8. The maximum absolute atomic E-state index is 12.4. The molecule has 1 aliphatic rings. The number of hydrogen-bond donors (Lipinski definition) is 2. The van der Waals surface area contributed by atoms with Crippen molar-refractivity contribution in [3.63, 3.8) is 0 Å². The van der Waals surface area contributed by atoms with Crippen LogP contribution in [0.5, 0.6) is 5.75 Å². The normalized spacial score (nSPS) is 18.6. The smallest absolute Gasteiger partial charge is 0.220 e. The SMILES string of the molecule is COc1ccc2c(c1)CCCC2CC(=O)NCC(C)(C)CC(C)O. The number of ether oxygens (including phenoxy) is 1. The number of methoxy groups -OCH3 is 1. The van der Waals surface area contributed by atoms with Crippen LogP contribution in [0, 0.1) is 5.41 Å². The minimum absolute atomic E-state index is 0.0956. The monoisotopic (exact) mass is 333 g/mol. The van der Waals surface area contributed by atoms with Crippen molar-refractivity contribution in [2.24, 2.45) is 5.41 Å². The quantitative estimate of drug-likeness (QED) is 0.804. The minimum Gasteiger partial charge on any atom is -0.497 e. The van der Waals surface area contributed by atoms with Crippen LogP contribution in [0.3, 0.4) is 0 Å². The van der Waals surface area contributed by atoms with Gasteiger partial charge >= 0.3 is 0 Å². The van der Waals surface area contributed by atoms with Crippen LogP contribution < -0.4 is 10.1 Å². The topological polar surface area (TPSA) is 58.6 Å². The van der Waals surface area contributed by atoms with Crippen LogP contribution in [0.1, 0.15) is 63.5 Å². The van der Waals surface area contributed by atoms with Crippen LogP contribution >= 0.6 is 0 Å². The lowest BCUT2D eigenvalue weighted by atomic mass is 9.80. The van der Waals surface area contributed by atoms with Crippen molar-refractivity contribution in [1.29, 1.82) is 0 Å². The summed E-state index contributed by atoms with van der Waals surface area (Å²) in [6.45, 7) is 6.53. The van der Waals surface area contributed by atoms with E-state index in [9.17, 15) is 9.90 Å². The van der Waals surface area contributed by atoms with Crippen molar-refractivity contribution >= 4 is 5.91 Å². The molecule has 1 aromatic rings. The summed E-state index contributed by atoms with van der Waals surface area (Å²) in [5, 5.41) is 12.6. The second-order valence-corrected chi connectivity index (χ2v) is 7.85. The molecule has 2 rings (SSSR count). The molecule has 4 heteroatoms. The fraction of sp³-hybridized carbons (Fsp3) is 0.650. The van der Waals surface area contributed by atoms with Crippen LogP contribution in [0.2, 0.25) is 0 Å². The third-order valence-corrected chi connectivity index (χ3v) is 4.83. The largest absolute Gasteiger partial charge is 0.497 e. The Labute approximate surface area is 145 Å². The van der Waals surface area contributed by atoms with E-state index in [1.165, 1.54) is 11.1 Å². The number of nitrogens with one attached hydrogen (secondary N) is 1. The maximum atomic E-state index is 12.4. The number of carbonyl (C=O) groups excluding carboxylic acids is 1. The first-order valence-electron chi connectivity index (χ1n) is 8.92. The van der Waals surface area contributed by atoms with Crippen molar-refractivity contribution in [1.82, 2.24) is 5.32 Å². The van der Waals surface area contributed by atoms with Gasteiger partial charge in [0.2, 0.25) is 5.91 Å². The van der Waals surface area contributed by atoms with Crippen molar-refractivity contribution < 1.29 is 14.6 Å². The summed E-state index contributed by atoms with van der Waals surface area (Å²) in [6.07, 6.45) is 4.10. The summed E-state index contributed by atoms with van der Waals surface area (Å²) >= 11 is 0. The number of fused-ring (bicyclic) bond motifs is 1. The number of benzene rings is 1. The van der Waals surface area contributed by atoms with E-state index in [1.54, 1.807) is 14.0 Å². The summed E-state index contributed by atoms with van der Waals surface area (Å²) in [5.41, 5.74) is 2.51. The second-order valence-electron chi connectivity index (χ2n) is 7.85. The third kappa shape index (κ3) is 5.23. The summed E-state index contributed by atoms with van der Waals surface area (Å²) in [5.74, 6) is 1.28. The van der Waals surface area contributed by atoms with Gasteiger partial charge in [0.05, 0.1) is 13.2 Å². The number of aryl methyl sites for hydroxylation is 1. The standard InChI is InChI=1S/C20H31NO3/c1-14(22)12-20(2,3)13-21-19(23)11-16-7-5-6-15-10-17(24-4)8-9-18(15)16/h8-10,14,16,22H,5-7,11-13H2,1-4H3,(H,21,23). The number of hydrogen-bond acceptors (Lipinski definition) is 3. The molecule has 2 atom stereocenters. The van der Waals surface area contributed by atoms with Gasteiger partial charge in [-0.15, -0.1) is 0 Å². The number of carbonyl (C=O) groups is 1. The van der Waals surface area contributed by atoms with Gasteiger partial charge in [-0.25, -0.2) is 0 Å². The van der Waals surface area contributed by atoms with Gasteiger partial charge in [-0.05, 0) is 67.2 Å². The molecule has 0 saturated carbocycles. The molecule has 0 saturated heterocycles. The van der Waals surface area contributed by atoms with Crippen molar-refractivity contribution in [2.45, 2.75) is 64.9 Å². The first-order valence-corrected chi connectivity index (χ1v) is 8.92. The van der Waals surface area contributed by atoms with E-state index in [4.69, 9.17) is 4.74 Å². The highest BCUT2D eigenvalue weighted by Crippen LogP contribution is 2.35. The summed E-state index contributed by atoms with van der Waals surface area (Å²) in [6, 6.07) is 6.20. The van der Waals surface area contributed by atoms with E-state index < -0.39 is 0 Å². The Kier molecular flexibility index (Phi) is 6.27. The number of aliphatic hydroxyl groups is 1. The molecule has 2 unspecified atom stereocenters. The van der Waals surface area contributed by atoms with Crippen molar-refractivity contribution in [3.8, 4) is 5.75 Å². The van der Waals surface area contributed by atoms with Crippen LogP contribution in [-0.2, 0) is 11.2 Å². The van der Waals surface area contributed by atoms with E-state index in [0.29, 0.717) is 25.3 Å². The molecule has 4 nitrogen and oxygen atoms in total. The van der Waals surface area contributed by atoms with E-state index >= 15 is 0 Å². The Morgan fingerprint density at radius 3 is 2.88 bits per heavy atom. The van der Waals surface area contributed by atoms with Gasteiger partial charge in [0.25, 0.3) is 0 Å². The zero-order valence-corrected chi connectivity index (χ0v) is 15.4. The number of amides is 1.